The summed E-state index contributed by atoms with van der Waals surface area (Å²) in [5.74, 6) is -1.85. The summed E-state index contributed by atoms with van der Waals surface area (Å²) >= 11 is 0. The number of piperazine rings is 1. The fraction of sp³-hybridized carbons (Fsp3) is 0.259. The summed E-state index contributed by atoms with van der Waals surface area (Å²) in [5, 5.41) is 9.70. The molecule has 1 fully saturated rings. The number of nitrogens with zero attached hydrogens (tertiary/aromatic N) is 4. The van der Waals surface area contributed by atoms with Crippen molar-refractivity contribution in [1.29, 1.82) is 0 Å². The van der Waals surface area contributed by atoms with E-state index in [0.29, 0.717) is 31.9 Å². The van der Waals surface area contributed by atoms with Gasteiger partial charge in [-0.25, -0.2) is 13.8 Å². The van der Waals surface area contributed by atoms with Gasteiger partial charge < -0.3 is 19.8 Å². The van der Waals surface area contributed by atoms with Crippen molar-refractivity contribution in [2.24, 2.45) is 4.99 Å². The van der Waals surface area contributed by atoms with Crippen molar-refractivity contribution >= 4 is 41.4 Å². The molecule has 1 saturated heterocycles. The van der Waals surface area contributed by atoms with Crippen LogP contribution in [0.3, 0.4) is 0 Å². The Kier molecular flexibility index (Phi) is 8.01. The number of aliphatic imine (C=N–C) groups is 1. The van der Waals surface area contributed by atoms with Crippen molar-refractivity contribution in [3.05, 3.63) is 89.5 Å². The zero-order chi connectivity index (χ0) is 27.0. The highest BCUT2D eigenvalue weighted by Gasteiger charge is 2.38. The van der Waals surface area contributed by atoms with E-state index in [9.17, 15) is 31.9 Å². The maximum absolute atomic E-state index is 14.2. The average Bonchev–Trinajstić information content (AvgIpc) is 2.88. The lowest BCUT2D eigenvalue weighted by Crippen LogP contribution is -2.55. The summed E-state index contributed by atoms with van der Waals surface area (Å²) in [4.78, 5) is 22.0. The third kappa shape index (κ3) is 5.93. The van der Waals surface area contributed by atoms with Crippen molar-refractivity contribution in [2.75, 3.05) is 36.0 Å². The standard InChI is InChI=1S/C27H23F5N4O2.ClH/c28-18-4-7-20(8-5-18)34-10-12-35(13-11-34)26-33-23-9-6-19(29)15-22(23)24(16-25(37)38)36(26)21-3-1-2-17(14-21)27(30,31)32;/h1-9,14-15,24H,10-13,16H2,(H,37,38);1H. The van der Waals surface area contributed by atoms with E-state index in [1.165, 1.54) is 47.4 Å². The van der Waals surface area contributed by atoms with Gasteiger partial charge in [0, 0.05) is 43.1 Å². The third-order valence-electron chi connectivity index (χ3n) is 6.67. The quantitative estimate of drug-likeness (QED) is 0.378. The van der Waals surface area contributed by atoms with E-state index in [0.717, 1.165) is 17.8 Å². The molecule has 5 rings (SSSR count). The van der Waals surface area contributed by atoms with E-state index in [1.54, 1.807) is 12.1 Å². The first-order valence-corrected chi connectivity index (χ1v) is 11.9. The van der Waals surface area contributed by atoms with Crippen LogP contribution >= 0.6 is 12.4 Å². The maximum Gasteiger partial charge on any atom is 0.416 e. The predicted octanol–water partition coefficient (Wildman–Crippen LogP) is 6.25. The molecule has 0 aromatic heterocycles. The normalized spacial score (nSPS) is 17.3. The number of aliphatic carboxylic acids is 1. The molecule has 1 atom stereocenters. The number of fused-ring (bicyclic) bond motifs is 1. The van der Waals surface area contributed by atoms with Gasteiger partial charge in [0.2, 0.25) is 5.96 Å². The maximum atomic E-state index is 14.2. The van der Waals surface area contributed by atoms with Gasteiger partial charge in [-0.2, -0.15) is 13.2 Å². The molecule has 0 aliphatic carbocycles. The van der Waals surface area contributed by atoms with Gasteiger partial charge in [-0.05, 0) is 60.7 Å². The predicted molar refractivity (Wildman–Crippen MR) is 140 cm³/mol. The number of alkyl halides is 3. The minimum absolute atomic E-state index is 0. The molecule has 3 aromatic rings. The monoisotopic (exact) mass is 566 g/mol. The Bertz CT molecular complexity index is 1380. The van der Waals surface area contributed by atoms with Gasteiger partial charge in [-0.3, -0.25) is 4.79 Å². The van der Waals surface area contributed by atoms with Gasteiger partial charge in [0.1, 0.15) is 11.6 Å². The third-order valence-corrected chi connectivity index (χ3v) is 6.67. The topological polar surface area (TPSA) is 59.4 Å². The van der Waals surface area contributed by atoms with Crippen LogP contribution in [0.4, 0.5) is 39.0 Å². The van der Waals surface area contributed by atoms with Crippen LogP contribution in [0, 0.1) is 11.6 Å². The number of carbonyl (C=O) groups is 1. The lowest BCUT2D eigenvalue weighted by molar-refractivity contribution is -0.138. The lowest BCUT2D eigenvalue weighted by Gasteiger charge is -2.45. The summed E-state index contributed by atoms with van der Waals surface area (Å²) in [5.41, 5.74) is 0.668. The molecular formula is C27H24ClF5N4O2. The minimum Gasteiger partial charge on any atom is -0.481 e. The summed E-state index contributed by atoms with van der Waals surface area (Å²) in [6.45, 7) is 1.87. The van der Waals surface area contributed by atoms with Crippen LogP contribution in [-0.2, 0) is 11.0 Å². The molecule has 1 unspecified atom stereocenters. The van der Waals surface area contributed by atoms with Crippen molar-refractivity contribution in [3.8, 4) is 0 Å². The molecule has 3 aromatic carbocycles. The number of hydrogen-bond donors (Lipinski definition) is 1. The Labute approximate surface area is 227 Å². The first-order valence-electron chi connectivity index (χ1n) is 11.9. The van der Waals surface area contributed by atoms with E-state index in [-0.39, 0.29) is 35.4 Å². The second-order valence-corrected chi connectivity index (χ2v) is 9.10. The van der Waals surface area contributed by atoms with Crippen molar-refractivity contribution in [1.82, 2.24) is 4.90 Å². The van der Waals surface area contributed by atoms with Gasteiger partial charge in [-0.15, -0.1) is 12.4 Å². The second kappa shape index (κ2) is 11.1. The van der Waals surface area contributed by atoms with E-state index < -0.39 is 36.0 Å². The van der Waals surface area contributed by atoms with Crippen LogP contribution in [0.1, 0.15) is 23.6 Å². The SMILES string of the molecule is Cl.O=C(O)CC1c2cc(F)ccc2N=C(N2CCN(c3ccc(F)cc3)CC2)N1c1cccc(C(F)(F)F)c1. The highest BCUT2D eigenvalue weighted by molar-refractivity contribution is 6.01. The molecular weight excluding hydrogens is 543 g/mol. The van der Waals surface area contributed by atoms with Crippen LogP contribution in [0.15, 0.2) is 71.7 Å². The van der Waals surface area contributed by atoms with Gasteiger partial charge in [0.25, 0.3) is 0 Å². The number of guanidine groups is 1. The van der Waals surface area contributed by atoms with Crippen molar-refractivity contribution in [3.63, 3.8) is 0 Å². The molecule has 6 nitrogen and oxygen atoms in total. The molecule has 2 heterocycles. The van der Waals surface area contributed by atoms with E-state index in [1.807, 2.05) is 9.80 Å². The van der Waals surface area contributed by atoms with Gasteiger partial charge in [-0.1, -0.05) is 6.07 Å². The molecule has 0 spiro atoms. The molecule has 2 aliphatic heterocycles. The molecule has 0 radical (unpaired) electrons. The highest BCUT2D eigenvalue weighted by Crippen LogP contribution is 2.42. The molecule has 206 valence electrons. The molecule has 12 heteroatoms. The zero-order valence-electron chi connectivity index (χ0n) is 20.4. The van der Waals surface area contributed by atoms with E-state index in [2.05, 4.69) is 4.99 Å². The van der Waals surface area contributed by atoms with Crippen LogP contribution in [0.25, 0.3) is 0 Å². The van der Waals surface area contributed by atoms with Crippen LogP contribution in [-0.4, -0.2) is 48.1 Å². The van der Waals surface area contributed by atoms with E-state index in [4.69, 9.17) is 0 Å². The molecule has 1 N–H and O–H groups in total. The summed E-state index contributed by atoms with van der Waals surface area (Å²) in [6.07, 6.45) is -5.10. The lowest BCUT2D eigenvalue weighted by atomic mass is 9.97. The largest absolute Gasteiger partial charge is 0.481 e. The molecule has 0 bridgehead atoms. The first-order chi connectivity index (χ1) is 18.1. The fourth-order valence-electron chi connectivity index (χ4n) is 4.87. The smallest absolute Gasteiger partial charge is 0.416 e. The molecule has 2 aliphatic rings. The van der Waals surface area contributed by atoms with Gasteiger partial charge in [0.05, 0.1) is 23.7 Å². The Balaban J connectivity index is 0.00000353. The number of anilines is 2. The fourth-order valence-corrected chi connectivity index (χ4v) is 4.87. The number of hydrogen-bond acceptors (Lipinski definition) is 5. The summed E-state index contributed by atoms with van der Waals surface area (Å²) in [7, 11) is 0. The number of rotatable bonds is 4. The summed E-state index contributed by atoms with van der Waals surface area (Å²) in [6, 6.07) is 13.5. The second-order valence-electron chi connectivity index (χ2n) is 9.10. The van der Waals surface area contributed by atoms with E-state index >= 15 is 0 Å². The number of benzene rings is 3. The van der Waals surface area contributed by atoms with Crippen molar-refractivity contribution in [2.45, 2.75) is 18.6 Å². The number of halogens is 6. The van der Waals surface area contributed by atoms with Gasteiger partial charge >= 0.3 is 12.1 Å². The van der Waals surface area contributed by atoms with Crippen LogP contribution in [0.5, 0.6) is 0 Å². The highest BCUT2D eigenvalue weighted by atomic mass is 35.5. The Morgan fingerprint density at radius 3 is 2.15 bits per heavy atom. The number of carboxylic acids is 1. The summed E-state index contributed by atoms with van der Waals surface area (Å²) < 4.78 is 68.3. The first kappa shape index (κ1) is 28.2. The Morgan fingerprint density at radius 2 is 1.51 bits per heavy atom. The van der Waals surface area contributed by atoms with Crippen molar-refractivity contribution < 1.29 is 31.9 Å². The average molecular weight is 567 g/mol. The van der Waals surface area contributed by atoms with Crippen LogP contribution < -0.4 is 9.80 Å². The zero-order valence-corrected chi connectivity index (χ0v) is 21.2. The minimum atomic E-state index is -4.61. The Hall–Kier alpha value is -3.86. The van der Waals surface area contributed by atoms with Gasteiger partial charge in [0.15, 0.2) is 0 Å². The van der Waals surface area contributed by atoms with Crippen LogP contribution in [0.2, 0.25) is 0 Å². The molecule has 0 saturated carbocycles. The molecule has 0 amide bonds. The molecule has 39 heavy (non-hydrogen) atoms. The Morgan fingerprint density at radius 1 is 0.872 bits per heavy atom. The number of carboxylic acid groups (broad SMARTS) is 1.